The summed E-state index contributed by atoms with van der Waals surface area (Å²) in [4.78, 5) is 23.1. The Hall–Kier alpha value is -2.24. The van der Waals surface area contributed by atoms with Crippen molar-refractivity contribution in [3.63, 3.8) is 0 Å². The fraction of sp³-hybridized carbons (Fsp3) is 0.176. The normalized spacial score (nSPS) is 12.1. The number of Topliss-reactive ketones (excluding diaryl/α,β-unsaturated/α-hetero) is 1. The molecule has 0 atom stereocenters. The Bertz CT molecular complexity index is 836. The van der Waals surface area contributed by atoms with Crippen LogP contribution in [0.15, 0.2) is 24.3 Å². The van der Waals surface area contributed by atoms with Crippen LogP contribution in [0.25, 0.3) is 0 Å². The number of hydrogen-bond donors (Lipinski definition) is 1. The van der Waals surface area contributed by atoms with Gasteiger partial charge >= 0.3 is 0 Å². The number of nitrogens with one attached hydrogen (secondary N) is 1. The summed E-state index contributed by atoms with van der Waals surface area (Å²) < 4.78 is 10.6. The van der Waals surface area contributed by atoms with Gasteiger partial charge in [0.05, 0.1) is 5.02 Å². The molecule has 0 fully saturated rings. The number of carbonyl (C=O) groups is 2. The summed E-state index contributed by atoms with van der Waals surface area (Å²) >= 11 is 12.0. The number of halogens is 2. The van der Waals surface area contributed by atoms with Gasteiger partial charge in [0.15, 0.2) is 23.6 Å². The van der Waals surface area contributed by atoms with Crippen molar-refractivity contribution in [3.8, 4) is 11.5 Å². The average molecular weight is 366 g/mol. The van der Waals surface area contributed by atoms with E-state index in [1.807, 2.05) is 0 Å². The van der Waals surface area contributed by atoms with Crippen molar-refractivity contribution in [1.82, 2.24) is 0 Å². The quantitative estimate of drug-likeness (QED) is 0.630. The lowest BCUT2D eigenvalue weighted by Crippen LogP contribution is -2.07. The molecule has 1 heterocycles. The van der Waals surface area contributed by atoms with Crippen molar-refractivity contribution in [2.45, 2.75) is 13.5 Å². The molecular weight excluding hydrogens is 353 g/mol. The molecule has 0 aromatic heterocycles. The van der Waals surface area contributed by atoms with E-state index < -0.39 is 0 Å². The van der Waals surface area contributed by atoms with Crippen molar-refractivity contribution >= 4 is 41.0 Å². The van der Waals surface area contributed by atoms with Gasteiger partial charge < -0.3 is 14.8 Å². The summed E-state index contributed by atoms with van der Waals surface area (Å²) in [6.45, 7) is 1.86. The number of aldehydes is 1. The minimum atomic E-state index is -0.115. The predicted octanol–water partition coefficient (Wildman–Crippen LogP) is 4.35. The van der Waals surface area contributed by atoms with Crippen LogP contribution in [-0.2, 0) is 6.54 Å². The molecule has 0 unspecified atom stereocenters. The first-order valence-electron chi connectivity index (χ1n) is 7.11. The third kappa shape index (κ3) is 3.18. The second kappa shape index (κ2) is 6.71. The number of ether oxygens (including phenoxy) is 2. The van der Waals surface area contributed by atoms with Gasteiger partial charge in [-0.05, 0) is 30.7 Å². The standard InChI is InChI=1S/C17H13Cl2NO4/c1-9(22)12-4-16-17(24-8-23-16)5-15(12)20-6-10-2-11(18)3-14(19)13(10)7-21/h2-5,7,20H,6,8H2,1H3. The first-order chi connectivity index (χ1) is 11.5. The van der Waals surface area contributed by atoms with Crippen LogP contribution in [0, 0.1) is 0 Å². The number of ketones is 1. The molecule has 0 saturated heterocycles. The fourth-order valence-electron chi connectivity index (χ4n) is 2.49. The van der Waals surface area contributed by atoms with Crippen LogP contribution in [-0.4, -0.2) is 18.9 Å². The maximum atomic E-state index is 11.9. The van der Waals surface area contributed by atoms with Gasteiger partial charge in [0.1, 0.15) is 0 Å². The maximum Gasteiger partial charge on any atom is 0.231 e. The number of rotatable bonds is 5. The molecule has 1 aliphatic rings. The smallest absolute Gasteiger partial charge is 0.231 e. The first-order valence-corrected chi connectivity index (χ1v) is 7.86. The summed E-state index contributed by atoms with van der Waals surface area (Å²) in [5.41, 5.74) is 2.05. The topological polar surface area (TPSA) is 64.6 Å². The van der Waals surface area contributed by atoms with Gasteiger partial charge in [-0.3, -0.25) is 9.59 Å². The SMILES string of the molecule is CC(=O)c1cc2c(cc1NCc1cc(Cl)cc(Cl)c1C=O)OCO2. The molecule has 0 radical (unpaired) electrons. The summed E-state index contributed by atoms with van der Waals surface area (Å²) in [5, 5.41) is 3.85. The highest BCUT2D eigenvalue weighted by molar-refractivity contribution is 6.36. The highest BCUT2D eigenvalue weighted by atomic mass is 35.5. The molecule has 0 amide bonds. The lowest BCUT2D eigenvalue weighted by molar-refractivity contribution is 0.101. The molecule has 7 heteroatoms. The molecular formula is C17H13Cl2NO4. The van der Waals surface area contributed by atoms with Gasteiger partial charge in [0, 0.05) is 34.4 Å². The molecule has 24 heavy (non-hydrogen) atoms. The summed E-state index contributed by atoms with van der Waals surface area (Å²) in [5.74, 6) is 0.975. The lowest BCUT2D eigenvalue weighted by Gasteiger charge is -2.13. The van der Waals surface area contributed by atoms with Crippen LogP contribution in [0.2, 0.25) is 10.0 Å². The summed E-state index contributed by atoms with van der Waals surface area (Å²) in [6.07, 6.45) is 0.682. The number of anilines is 1. The van der Waals surface area contributed by atoms with E-state index in [9.17, 15) is 9.59 Å². The molecule has 0 bridgehead atoms. The van der Waals surface area contributed by atoms with Crippen LogP contribution in [0.1, 0.15) is 33.2 Å². The molecule has 3 rings (SSSR count). The Labute approximate surface area is 148 Å². The predicted molar refractivity (Wildman–Crippen MR) is 91.7 cm³/mol. The zero-order chi connectivity index (χ0) is 17.3. The van der Waals surface area contributed by atoms with Crippen molar-refractivity contribution in [3.05, 3.63) is 51.0 Å². The molecule has 124 valence electrons. The zero-order valence-corrected chi connectivity index (χ0v) is 14.2. The van der Waals surface area contributed by atoms with Crippen LogP contribution >= 0.6 is 23.2 Å². The third-order valence-corrected chi connectivity index (χ3v) is 4.19. The van der Waals surface area contributed by atoms with Gasteiger partial charge in [0.2, 0.25) is 6.79 Å². The molecule has 0 aliphatic carbocycles. The van der Waals surface area contributed by atoms with Gasteiger partial charge in [-0.25, -0.2) is 0 Å². The fourth-order valence-corrected chi connectivity index (χ4v) is 3.07. The number of hydrogen-bond acceptors (Lipinski definition) is 5. The van der Waals surface area contributed by atoms with E-state index in [-0.39, 0.29) is 24.1 Å². The van der Waals surface area contributed by atoms with E-state index in [0.717, 1.165) is 0 Å². The Morgan fingerprint density at radius 3 is 2.58 bits per heavy atom. The second-order valence-corrected chi connectivity index (χ2v) is 6.08. The van der Waals surface area contributed by atoms with Crippen molar-refractivity contribution in [2.24, 2.45) is 0 Å². The molecule has 1 aliphatic heterocycles. The molecule has 0 saturated carbocycles. The molecule has 1 N–H and O–H groups in total. The molecule has 2 aromatic rings. The average Bonchev–Trinajstić information content (AvgIpc) is 2.98. The van der Waals surface area contributed by atoms with Crippen LogP contribution in [0.3, 0.4) is 0 Å². The minimum absolute atomic E-state index is 0.115. The Morgan fingerprint density at radius 2 is 1.92 bits per heavy atom. The van der Waals surface area contributed by atoms with Crippen LogP contribution in [0.4, 0.5) is 5.69 Å². The molecule has 0 spiro atoms. The Kier molecular flexibility index (Phi) is 4.64. The number of benzene rings is 2. The lowest BCUT2D eigenvalue weighted by atomic mass is 10.1. The van der Waals surface area contributed by atoms with Crippen LogP contribution in [0.5, 0.6) is 11.5 Å². The van der Waals surface area contributed by atoms with E-state index in [1.165, 1.54) is 13.0 Å². The first kappa shape index (κ1) is 16.6. The third-order valence-electron chi connectivity index (χ3n) is 3.66. The van der Waals surface area contributed by atoms with E-state index in [2.05, 4.69) is 5.32 Å². The number of carbonyl (C=O) groups excluding carboxylic acids is 2. The Morgan fingerprint density at radius 1 is 1.21 bits per heavy atom. The minimum Gasteiger partial charge on any atom is -0.454 e. The van der Waals surface area contributed by atoms with Crippen LogP contribution < -0.4 is 14.8 Å². The second-order valence-electron chi connectivity index (χ2n) is 5.24. The van der Waals surface area contributed by atoms with Gasteiger partial charge in [-0.2, -0.15) is 0 Å². The maximum absolute atomic E-state index is 11.9. The monoisotopic (exact) mass is 365 g/mol. The molecule has 2 aromatic carbocycles. The summed E-state index contributed by atoms with van der Waals surface area (Å²) in [7, 11) is 0. The zero-order valence-electron chi connectivity index (χ0n) is 12.7. The van der Waals surface area contributed by atoms with Gasteiger partial charge in [-0.1, -0.05) is 23.2 Å². The van der Waals surface area contributed by atoms with E-state index >= 15 is 0 Å². The van der Waals surface area contributed by atoms with E-state index in [0.29, 0.717) is 45.2 Å². The highest BCUT2D eigenvalue weighted by Gasteiger charge is 2.19. The van der Waals surface area contributed by atoms with E-state index in [4.69, 9.17) is 32.7 Å². The largest absolute Gasteiger partial charge is 0.454 e. The molecule has 5 nitrogen and oxygen atoms in total. The van der Waals surface area contributed by atoms with Crippen molar-refractivity contribution in [2.75, 3.05) is 12.1 Å². The van der Waals surface area contributed by atoms with E-state index in [1.54, 1.807) is 18.2 Å². The summed E-state index contributed by atoms with van der Waals surface area (Å²) in [6, 6.07) is 6.51. The van der Waals surface area contributed by atoms with Gasteiger partial charge in [-0.15, -0.1) is 0 Å². The Balaban J connectivity index is 1.93. The van der Waals surface area contributed by atoms with Gasteiger partial charge in [0.25, 0.3) is 0 Å². The highest BCUT2D eigenvalue weighted by Crippen LogP contribution is 2.37. The van der Waals surface area contributed by atoms with Crippen molar-refractivity contribution < 1.29 is 19.1 Å². The number of fused-ring (bicyclic) bond motifs is 1. The van der Waals surface area contributed by atoms with Crippen molar-refractivity contribution in [1.29, 1.82) is 0 Å².